The predicted octanol–water partition coefficient (Wildman–Crippen LogP) is 2.53. The fourth-order valence-corrected chi connectivity index (χ4v) is 1.77. The summed E-state index contributed by atoms with van der Waals surface area (Å²) >= 11 is 3.26. The molecule has 6 heteroatoms. The van der Waals surface area contributed by atoms with Crippen LogP contribution >= 0.6 is 15.9 Å². The van der Waals surface area contributed by atoms with Gasteiger partial charge < -0.3 is 5.11 Å². The summed E-state index contributed by atoms with van der Waals surface area (Å²) in [6.07, 6.45) is 3.38. The van der Waals surface area contributed by atoms with Gasteiger partial charge in [-0.05, 0) is 33.6 Å². The van der Waals surface area contributed by atoms with Crippen molar-refractivity contribution in [2.24, 2.45) is 0 Å². The van der Waals surface area contributed by atoms with Gasteiger partial charge in [0.25, 0.3) is 0 Å². The van der Waals surface area contributed by atoms with Gasteiger partial charge in [0.2, 0.25) is 0 Å². The minimum Gasteiger partial charge on any atom is -0.478 e. The van der Waals surface area contributed by atoms with Gasteiger partial charge in [-0.25, -0.2) is 9.18 Å². The molecule has 2 rings (SSSR count). The second-order valence-corrected chi connectivity index (χ2v) is 4.39. The lowest BCUT2D eigenvalue weighted by Gasteiger charge is -2.04. The molecule has 0 aliphatic rings. The monoisotopic (exact) mass is 298 g/mol. The van der Waals surface area contributed by atoms with E-state index in [1.54, 1.807) is 17.1 Å². The van der Waals surface area contributed by atoms with E-state index in [2.05, 4.69) is 21.0 Å². The molecule has 0 atom stereocenters. The Kier molecular flexibility index (Phi) is 3.23. The van der Waals surface area contributed by atoms with Crippen molar-refractivity contribution in [3.63, 3.8) is 0 Å². The Bertz CT molecular complexity index is 568. The molecular weight excluding hydrogens is 291 g/mol. The summed E-state index contributed by atoms with van der Waals surface area (Å²) in [5.41, 5.74) is 0.355. The van der Waals surface area contributed by atoms with Gasteiger partial charge >= 0.3 is 5.97 Å². The van der Waals surface area contributed by atoms with Crippen molar-refractivity contribution in [2.75, 3.05) is 0 Å². The third-order valence-electron chi connectivity index (χ3n) is 2.21. The molecule has 4 nitrogen and oxygen atoms in total. The van der Waals surface area contributed by atoms with E-state index in [-0.39, 0.29) is 5.56 Å². The van der Waals surface area contributed by atoms with Crippen molar-refractivity contribution in [3.05, 3.63) is 52.0 Å². The number of benzene rings is 1. The summed E-state index contributed by atoms with van der Waals surface area (Å²) in [6.45, 7) is 0.395. The van der Waals surface area contributed by atoms with Gasteiger partial charge in [-0.1, -0.05) is 6.07 Å². The van der Waals surface area contributed by atoms with Gasteiger partial charge in [0.15, 0.2) is 0 Å². The van der Waals surface area contributed by atoms with E-state index in [1.165, 1.54) is 12.1 Å². The molecule has 0 radical (unpaired) electrons. The van der Waals surface area contributed by atoms with E-state index in [1.807, 2.05) is 0 Å². The Morgan fingerprint density at radius 1 is 1.53 bits per heavy atom. The lowest BCUT2D eigenvalue weighted by atomic mass is 10.1. The zero-order valence-corrected chi connectivity index (χ0v) is 10.2. The average molecular weight is 299 g/mol. The van der Waals surface area contributed by atoms with Gasteiger partial charge in [0, 0.05) is 6.20 Å². The lowest BCUT2D eigenvalue weighted by molar-refractivity contribution is 0.0691. The number of aromatic nitrogens is 2. The van der Waals surface area contributed by atoms with Gasteiger partial charge in [-0.15, -0.1) is 0 Å². The van der Waals surface area contributed by atoms with Crippen molar-refractivity contribution in [1.82, 2.24) is 9.78 Å². The molecule has 0 fully saturated rings. The zero-order chi connectivity index (χ0) is 12.4. The highest BCUT2D eigenvalue weighted by Crippen LogP contribution is 2.13. The van der Waals surface area contributed by atoms with E-state index in [0.29, 0.717) is 12.1 Å². The van der Waals surface area contributed by atoms with E-state index in [4.69, 9.17) is 5.11 Å². The lowest BCUT2D eigenvalue weighted by Crippen LogP contribution is -2.05. The van der Waals surface area contributed by atoms with Crippen LogP contribution in [0.15, 0.2) is 35.1 Å². The average Bonchev–Trinajstić information content (AvgIpc) is 2.66. The standard InChI is InChI=1S/C11H8BrFN2O2/c12-8-4-14-15(6-8)5-7-1-2-10(13)9(3-7)11(16)17/h1-4,6H,5H2,(H,16,17). The van der Waals surface area contributed by atoms with E-state index >= 15 is 0 Å². The second-order valence-electron chi connectivity index (χ2n) is 3.48. The first-order chi connectivity index (χ1) is 8.06. The van der Waals surface area contributed by atoms with Crippen molar-refractivity contribution in [1.29, 1.82) is 0 Å². The molecule has 1 aromatic carbocycles. The van der Waals surface area contributed by atoms with Crippen molar-refractivity contribution in [2.45, 2.75) is 6.54 Å². The summed E-state index contributed by atoms with van der Waals surface area (Å²) in [5.74, 6) is -2.01. The zero-order valence-electron chi connectivity index (χ0n) is 8.60. The first-order valence-corrected chi connectivity index (χ1v) is 5.55. The van der Waals surface area contributed by atoms with Crippen molar-refractivity contribution >= 4 is 21.9 Å². The minimum atomic E-state index is -1.27. The number of halogens is 2. The van der Waals surface area contributed by atoms with Crippen LogP contribution in [0.25, 0.3) is 0 Å². The topological polar surface area (TPSA) is 55.1 Å². The highest BCUT2D eigenvalue weighted by molar-refractivity contribution is 9.10. The number of carboxylic acid groups (broad SMARTS) is 1. The summed E-state index contributed by atoms with van der Waals surface area (Å²) in [7, 11) is 0. The largest absolute Gasteiger partial charge is 0.478 e. The molecule has 0 amide bonds. The van der Waals surface area contributed by atoms with Crippen LogP contribution in [-0.4, -0.2) is 20.9 Å². The van der Waals surface area contributed by atoms with Crippen LogP contribution in [0.3, 0.4) is 0 Å². The minimum absolute atomic E-state index is 0.325. The van der Waals surface area contributed by atoms with Gasteiger partial charge in [-0.3, -0.25) is 4.68 Å². The van der Waals surface area contributed by atoms with Crippen LogP contribution in [0.5, 0.6) is 0 Å². The number of hydrogen-bond donors (Lipinski definition) is 1. The number of carboxylic acids is 1. The van der Waals surface area contributed by atoms with Crippen LogP contribution < -0.4 is 0 Å². The molecule has 0 aliphatic heterocycles. The Hall–Kier alpha value is -1.69. The van der Waals surface area contributed by atoms with Crippen molar-refractivity contribution < 1.29 is 14.3 Å². The van der Waals surface area contributed by atoms with Crippen LogP contribution in [0, 0.1) is 5.82 Å². The normalized spacial score (nSPS) is 10.5. The van der Waals surface area contributed by atoms with Crippen LogP contribution in [0.2, 0.25) is 0 Å². The molecule has 0 unspecified atom stereocenters. The smallest absolute Gasteiger partial charge is 0.338 e. The summed E-state index contributed by atoms with van der Waals surface area (Å²) in [5, 5.41) is 12.8. The van der Waals surface area contributed by atoms with E-state index in [9.17, 15) is 9.18 Å². The fourth-order valence-electron chi connectivity index (χ4n) is 1.45. The summed E-state index contributed by atoms with van der Waals surface area (Å²) in [4.78, 5) is 10.8. The summed E-state index contributed by atoms with van der Waals surface area (Å²) in [6, 6.07) is 4.00. The number of rotatable bonds is 3. The Morgan fingerprint density at radius 2 is 2.29 bits per heavy atom. The molecule has 0 aliphatic carbocycles. The van der Waals surface area contributed by atoms with Crippen LogP contribution in [-0.2, 0) is 6.54 Å². The molecule has 1 aromatic heterocycles. The fraction of sp³-hybridized carbons (Fsp3) is 0.0909. The molecule has 17 heavy (non-hydrogen) atoms. The number of carbonyl (C=O) groups is 1. The van der Waals surface area contributed by atoms with Crippen LogP contribution in [0.4, 0.5) is 4.39 Å². The number of aromatic carboxylic acids is 1. The van der Waals surface area contributed by atoms with E-state index in [0.717, 1.165) is 10.5 Å². The molecule has 0 saturated heterocycles. The van der Waals surface area contributed by atoms with Crippen molar-refractivity contribution in [3.8, 4) is 0 Å². The van der Waals surface area contributed by atoms with E-state index < -0.39 is 11.8 Å². The Balaban J connectivity index is 2.28. The maximum atomic E-state index is 13.2. The molecule has 0 saturated carbocycles. The number of hydrogen-bond acceptors (Lipinski definition) is 2. The van der Waals surface area contributed by atoms with Gasteiger partial charge in [0.05, 0.1) is 22.8 Å². The van der Waals surface area contributed by atoms with Crippen LogP contribution in [0.1, 0.15) is 15.9 Å². The maximum absolute atomic E-state index is 13.2. The molecule has 0 spiro atoms. The number of nitrogens with zero attached hydrogens (tertiary/aromatic N) is 2. The Labute approximate surface area is 105 Å². The second kappa shape index (κ2) is 4.67. The Morgan fingerprint density at radius 3 is 2.88 bits per heavy atom. The third kappa shape index (κ3) is 2.71. The summed E-state index contributed by atoms with van der Waals surface area (Å²) < 4.78 is 15.6. The highest BCUT2D eigenvalue weighted by Gasteiger charge is 2.11. The molecule has 88 valence electrons. The maximum Gasteiger partial charge on any atom is 0.338 e. The first kappa shape index (κ1) is 11.8. The SMILES string of the molecule is O=C(O)c1cc(Cn2cc(Br)cn2)ccc1F. The molecule has 1 heterocycles. The quantitative estimate of drug-likeness (QED) is 0.947. The van der Waals surface area contributed by atoms with Gasteiger partial charge in [0.1, 0.15) is 5.82 Å². The van der Waals surface area contributed by atoms with Gasteiger partial charge in [-0.2, -0.15) is 5.10 Å². The molecule has 2 aromatic rings. The first-order valence-electron chi connectivity index (χ1n) is 4.76. The molecule has 0 bridgehead atoms. The highest BCUT2D eigenvalue weighted by atomic mass is 79.9. The predicted molar refractivity (Wildman–Crippen MR) is 62.4 cm³/mol. The molecule has 1 N–H and O–H groups in total. The third-order valence-corrected chi connectivity index (χ3v) is 2.62. The molecular formula is C11H8BrFN2O2.